The van der Waals surface area contributed by atoms with Gasteiger partial charge in [0.25, 0.3) is 0 Å². The molecule has 0 aromatic carbocycles. The van der Waals surface area contributed by atoms with Crippen molar-refractivity contribution in [2.45, 2.75) is 13.5 Å². The van der Waals surface area contributed by atoms with E-state index in [9.17, 15) is 0 Å². The first kappa shape index (κ1) is 7.51. The lowest BCUT2D eigenvalue weighted by atomic mass is 10.2. The summed E-state index contributed by atoms with van der Waals surface area (Å²) in [4.78, 5) is 4.00. The van der Waals surface area contributed by atoms with Crippen molar-refractivity contribution in [1.29, 1.82) is 0 Å². The molecule has 1 aromatic heterocycles. The van der Waals surface area contributed by atoms with Gasteiger partial charge in [0.2, 0.25) is 0 Å². The highest BCUT2D eigenvalue weighted by molar-refractivity contribution is 6.31. The Morgan fingerprint density at radius 3 is 2.90 bits per heavy atom. The number of hydrogen-bond acceptors (Lipinski definition) is 2. The van der Waals surface area contributed by atoms with E-state index in [0.29, 0.717) is 11.6 Å². The van der Waals surface area contributed by atoms with Crippen LogP contribution in [0.5, 0.6) is 0 Å². The Bertz CT molecular complexity index is 235. The first-order chi connectivity index (χ1) is 4.75. The Kier molecular flexibility index (Phi) is 2.25. The fourth-order valence-electron chi connectivity index (χ4n) is 0.759. The number of halogens is 1. The highest BCUT2D eigenvalue weighted by Crippen LogP contribution is 2.16. The van der Waals surface area contributed by atoms with Crippen LogP contribution < -0.4 is 5.73 Å². The van der Waals surface area contributed by atoms with Crippen LogP contribution in [0.2, 0.25) is 5.02 Å². The molecule has 0 radical (unpaired) electrons. The van der Waals surface area contributed by atoms with Gasteiger partial charge in [0, 0.05) is 12.7 Å². The van der Waals surface area contributed by atoms with Crippen molar-refractivity contribution in [3.8, 4) is 0 Å². The van der Waals surface area contributed by atoms with Gasteiger partial charge >= 0.3 is 0 Å². The van der Waals surface area contributed by atoms with Gasteiger partial charge in [-0.2, -0.15) is 0 Å². The quantitative estimate of drug-likeness (QED) is 0.670. The van der Waals surface area contributed by atoms with Gasteiger partial charge in [-0.1, -0.05) is 11.6 Å². The zero-order valence-corrected chi connectivity index (χ0v) is 6.52. The second-order valence-electron chi connectivity index (χ2n) is 2.07. The molecule has 1 aromatic rings. The van der Waals surface area contributed by atoms with Crippen molar-refractivity contribution >= 4 is 11.6 Å². The number of pyridine rings is 1. The summed E-state index contributed by atoms with van der Waals surface area (Å²) in [6.07, 6.45) is 1.71. The Morgan fingerprint density at radius 2 is 2.40 bits per heavy atom. The Morgan fingerprint density at radius 1 is 1.70 bits per heavy atom. The lowest BCUT2D eigenvalue weighted by Gasteiger charge is -2.00. The number of hydrogen-bond donors (Lipinski definition) is 1. The predicted octanol–water partition coefficient (Wildman–Crippen LogP) is 1.50. The van der Waals surface area contributed by atoms with Gasteiger partial charge in [-0.05, 0) is 18.6 Å². The van der Waals surface area contributed by atoms with Crippen LogP contribution >= 0.6 is 11.6 Å². The average molecular weight is 157 g/mol. The minimum atomic E-state index is 0.474. The van der Waals surface area contributed by atoms with Gasteiger partial charge in [0.1, 0.15) is 0 Å². The molecule has 3 heteroatoms. The number of aryl methyl sites for hydroxylation is 1. The fraction of sp³-hybridized carbons (Fsp3) is 0.286. The Hall–Kier alpha value is -0.600. The second kappa shape index (κ2) is 2.99. The molecular formula is C7H9ClN2. The molecule has 2 nitrogen and oxygen atoms in total. The van der Waals surface area contributed by atoms with E-state index in [4.69, 9.17) is 17.3 Å². The molecule has 0 spiro atoms. The summed E-state index contributed by atoms with van der Waals surface area (Å²) in [6, 6.07) is 1.83. The molecule has 0 aliphatic carbocycles. The van der Waals surface area contributed by atoms with E-state index >= 15 is 0 Å². The van der Waals surface area contributed by atoms with Crippen molar-refractivity contribution in [3.63, 3.8) is 0 Å². The van der Waals surface area contributed by atoms with Crippen LogP contribution in [0.25, 0.3) is 0 Å². The third-order valence-corrected chi connectivity index (χ3v) is 1.88. The minimum Gasteiger partial charge on any atom is -0.326 e. The van der Waals surface area contributed by atoms with Crippen molar-refractivity contribution < 1.29 is 0 Å². The molecular weight excluding hydrogens is 148 g/mol. The van der Waals surface area contributed by atoms with E-state index in [2.05, 4.69) is 4.98 Å². The minimum absolute atomic E-state index is 0.474. The molecule has 1 rings (SSSR count). The van der Waals surface area contributed by atoms with Gasteiger partial charge in [0.15, 0.2) is 0 Å². The molecule has 0 fully saturated rings. The SMILES string of the molecule is Cc1nccc(CN)c1Cl. The zero-order chi connectivity index (χ0) is 7.56. The van der Waals surface area contributed by atoms with E-state index in [1.165, 1.54) is 0 Å². The van der Waals surface area contributed by atoms with Crippen molar-refractivity contribution in [1.82, 2.24) is 4.98 Å². The van der Waals surface area contributed by atoms with Crippen LogP contribution in [-0.2, 0) is 6.54 Å². The highest BCUT2D eigenvalue weighted by Gasteiger charge is 1.99. The van der Waals surface area contributed by atoms with Crippen LogP contribution in [0.3, 0.4) is 0 Å². The first-order valence-electron chi connectivity index (χ1n) is 3.05. The maximum atomic E-state index is 5.85. The number of aromatic nitrogens is 1. The molecule has 0 unspecified atom stereocenters. The van der Waals surface area contributed by atoms with Crippen LogP contribution in [0.15, 0.2) is 12.3 Å². The standard InChI is InChI=1S/C7H9ClN2/c1-5-7(8)6(4-9)2-3-10-5/h2-3H,4,9H2,1H3. The highest BCUT2D eigenvalue weighted by atomic mass is 35.5. The van der Waals surface area contributed by atoms with E-state index in [0.717, 1.165) is 11.3 Å². The van der Waals surface area contributed by atoms with Crippen LogP contribution in [0, 0.1) is 6.92 Å². The third-order valence-electron chi connectivity index (χ3n) is 1.36. The average Bonchev–Trinajstić information content (AvgIpc) is 1.95. The van der Waals surface area contributed by atoms with Crippen LogP contribution in [0.4, 0.5) is 0 Å². The summed E-state index contributed by atoms with van der Waals surface area (Å²) in [7, 11) is 0. The van der Waals surface area contributed by atoms with Gasteiger partial charge in [0.05, 0.1) is 10.7 Å². The monoisotopic (exact) mass is 156 g/mol. The molecule has 1 heterocycles. The van der Waals surface area contributed by atoms with Crippen molar-refractivity contribution in [3.05, 3.63) is 28.5 Å². The lowest BCUT2D eigenvalue weighted by molar-refractivity contribution is 1.04. The zero-order valence-electron chi connectivity index (χ0n) is 5.76. The molecule has 0 saturated heterocycles. The van der Waals surface area contributed by atoms with Crippen molar-refractivity contribution in [2.75, 3.05) is 0 Å². The number of nitrogens with zero attached hydrogens (tertiary/aromatic N) is 1. The molecule has 2 N–H and O–H groups in total. The van der Waals surface area contributed by atoms with E-state index < -0.39 is 0 Å². The van der Waals surface area contributed by atoms with Gasteiger partial charge in [-0.15, -0.1) is 0 Å². The molecule has 0 aliphatic rings. The molecule has 0 amide bonds. The predicted molar refractivity (Wildman–Crippen MR) is 41.9 cm³/mol. The van der Waals surface area contributed by atoms with Gasteiger partial charge in [-0.25, -0.2) is 0 Å². The maximum absolute atomic E-state index is 5.85. The smallest absolute Gasteiger partial charge is 0.0663 e. The lowest BCUT2D eigenvalue weighted by Crippen LogP contribution is -1.98. The number of rotatable bonds is 1. The summed E-state index contributed by atoms with van der Waals surface area (Å²) in [5, 5.41) is 0.685. The molecule has 0 saturated carbocycles. The molecule has 0 atom stereocenters. The largest absolute Gasteiger partial charge is 0.326 e. The summed E-state index contributed by atoms with van der Waals surface area (Å²) in [6.45, 7) is 2.34. The first-order valence-corrected chi connectivity index (χ1v) is 3.43. The van der Waals surface area contributed by atoms with Gasteiger partial charge < -0.3 is 5.73 Å². The second-order valence-corrected chi connectivity index (χ2v) is 2.45. The summed E-state index contributed by atoms with van der Waals surface area (Å²) < 4.78 is 0. The van der Waals surface area contributed by atoms with E-state index in [-0.39, 0.29) is 0 Å². The van der Waals surface area contributed by atoms with Crippen LogP contribution in [0.1, 0.15) is 11.3 Å². The summed E-state index contributed by atoms with van der Waals surface area (Å²) in [5.74, 6) is 0. The van der Waals surface area contributed by atoms with Crippen LogP contribution in [-0.4, -0.2) is 4.98 Å². The summed E-state index contributed by atoms with van der Waals surface area (Å²) in [5.41, 5.74) is 7.20. The van der Waals surface area contributed by atoms with E-state index in [1.54, 1.807) is 6.20 Å². The number of nitrogens with two attached hydrogens (primary N) is 1. The third kappa shape index (κ3) is 1.28. The normalized spacial score (nSPS) is 9.90. The topological polar surface area (TPSA) is 38.9 Å². The van der Waals surface area contributed by atoms with Gasteiger partial charge in [-0.3, -0.25) is 4.98 Å². The van der Waals surface area contributed by atoms with E-state index in [1.807, 2.05) is 13.0 Å². The Labute approximate surface area is 65.0 Å². The molecule has 0 bridgehead atoms. The molecule has 10 heavy (non-hydrogen) atoms. The Balaban J connectivity index is 3.14. The molecule has 0 aliphatic heterocycles. The summed E-state index contributed by atoms with van der Waals surface area (Å²) >= 11 is 5.85. The maximum Gasteiger partial charge on any atom is 0.0663 e. The van der Waals surface area contributed by atoms with Crippen molar-refractivity contribution in [2.24, 2.45) is 5.73 Å². The molecule has 54 valence electrons. The fourth-order valence-corrected chi connectivity index (χ4v) is 0.948.